The monoisotopic (exact) mass is 272 g/mol. The average Bonchev–Trinajstić information content (AvgIpc) is 2.36. The summed E-state index contributed by atoms with van der Waals surface area (Å²) in [5.74, 6) is 8.32. The second kappa shape index (κ2) is 6.92. The molecule has 0 saturated carbocycles. The Morgan fingerprint density at radius 3 is 2.20 bits per heavy atom. The molecule has 0 heterocycles. The zero-order chi connectivity index (χ0) is 15.3. The summed E-state index contributed by atoms with van der Waals surface area (Å²) in [7, 11) is 0. The number of aryl methyl sites for hydroxylation is 2. The first kappa shape index (κ1) is 16.8. The topological polar surface area (TPSA) is 38.0 Å². The van der Waals surface area contributed by atoms with Gasteiger partial charge in [-0.05, 0) is 54.4 Å². The fourth-order valence-electron chi connectivity index (χ4n) is 2.50. The summed E-state index contributed by atoms with van der Waals surface area (Å²) in [4.78, 5) is 0. The van der Waals surface area contributed by atoms with Gasteiger partial charge in [-0.1, -0.05) is 32.9 Å². The summed E-state index contributed by atoms with van der Waals surface area (Å²) >= 11 is 0. The maximum atomic E-state index is 5.64. The lowest BCUT2D eigenvalue weighted by Crippen LogP contribution is -2.37. The first-order chi connectivity index (χ1) is 9.29. The minimum absolute atomic E-state index is 0.184. The van der Waals surface area contributed by atoms with Gasteiger partial charge >= 0.3 is 0 Å². The molecule has 0 radical (unpaired) electrons. The van der Waals surface area contributed by atoms with E-state index in [0.717, 1.165) is 19.3 Å². The molecule has 3 N–H and O–H groups in total. The van der Waals surface area contributed by atoms with E-state index in [0.29, 0.717) is 0 Å². The quantitative estimate of drug-likeness (QED) is 0.490. The van der Waals surface area contributed by atoms with Crippen molar-refractivity contribution in [2.45, 2.75) is 65.3 Å². The lowest BCUT2D eigenvalue weighted by atomic mass is 9.83. The van der Waals surface area contributed by atoms with Crippen LogP contribution in [0, 0.1) is 26.2 Å². The van der Waals surface area contributed by atoms with Crippen LogP contribution in [0.5, 0.6) is 0 Å². The minimum Gasteiger partial charge on any atom is -0.271 e. The highest BCUT2D eigenvalue weighted by molar-refractivity contribution is 5.41. The first-order valence-corrected chi connectivity index (χ1v) is 7.29. The second-order valence-electron chi connectivity index (χ2n) is 6.65. The zero-order valence-electron chi connectivity index (χ0n) is 13.5. The fourth-order valence-corrected chi connectivity index (χ4v) is 2.50. The van der Waals surface area contributed by atoms with Crippen molar-refractivity contribution in [1.82, 2.24) is 5.43 Å². The van der Waals surface area contributed by atoms with E-state index in [1.807, 2.05) is 0 Å². The Bertz CT molecular complexity index is 466. The summed E-state index contributed by atoms with van der Waals surface area (Å²) < 4.78 is 0. The van der Waals surface area contributed by atoms with Crippen molar-refractivity contribution < 1.29 is 0 Å². The number of hydrogen-bond acceptors (Lipinski definition) is 2. The van der Waals surface area contributed by atoms with Crippen molar-refractivity contribution in [3.8, 4) is 12.3 Å². The molecule has 0 spiro atoms. The molecule has 0 aromatic heterocycles. The molecular weight excluding hydrogens is 244 g/mol. The Morgan fingerprint density at radius 1 is 1.25 bits per heavy atom. The standard InChI is InChI=1S/C18H28N2/c1-7-8-9-16(20-19)12-17-13(2)10-15(11-14(17)3)18(4,5)6/h1,10-11,16,20H,8-9,12,19H2,2-6H3. The Morgan fingerprint density at radius 2 is 1.80 bits per heavy atom. The Balaban J connectivity index is 2.99. The highest BCUT2D eigenvalue weighted by Gasteiger charge is 2.17. The molecule has 20 heavy (non-hydrogen) atoms. The number of nitrogens with one attached hydrogen (secondary N) is 1. The van der Waals surface area contributed by atoms with Gasteiger partial charge in [0.1, 0.15) is 0 Å². The fraction of sp³-hybridized carbons (Fsp3) is 0.556. The lowest BCUT2D eigenvalue weighted by molar-refractivity contribution is 0.496. The Labute approximate surface area is 124 Å². The van der Waals surface area contributed by atoms with Crippen molar-refractivity contribution in [3.05, 3.63) is 34.4 Å². The maximum Gasteiger partial charge on any atom is 0.0260 e. The number of hydrazine groups is 1. The first-order valence-electron chi connectivity index (χ1n) is 7.29. The second-order valence-corrected chi connectivity index (χ2v) is 6.65. The van der Waals surface area contributed by atoms with Gasteiger partial charge in [-0.15, -0.1) is 12.3 Å². The molecule has 0 aliphatic rings. The van der Waals surface area contributed by atoms with Crippen LogP contribution in [0.1, 0.15) is 55.9 Å². The van der Waals surface area contributed by atoms with Gasteiger partial charge < -0.3 is 0 Å². The largest absolute Gasteiger partial charge is 0.271 e. The minimum atomic E-state index is 0.184. The van der Waals surface area contributed by atoms with Gasteiger partial charge in [-0.2, -0.15) is 0 Å². The van der Waals surface area contributed by atoms with Crippen molar-refractivity contribution in [3.63, 3.8) is 0 Å². The summed E-state index contributed by atoms with van der Waals surface area (Å²) in [6.45, 7) is 11.1. The van der Waals surface area contributed by atoms with E-state index in [-0.39, 0.29) is 11.5 Å². The van der Waals surface area contributed by atoms with E-state index in [9.17, 15) is 0 Å². The van der Waals surface area contributed by atoms with Gasteiger partial charge in [0.25, 0.3) is 0 Å². The lowest BCUT2D eigenvalue weighted by Gasteiger charge is -2.24. The van der Waals surface area contributed by atoms with Crippen molar-refractivity contribution in [1.29, 1.82) is 0 Å². The summed E-state index contributed by atoms with van der Waals surface area (Å²) in [6.07, 6.45) is 7.93. The molecule has 0 aliphatic heterocycles. The van der Waals surface area contributed by atoms with Gasteiger partial charge in [0.05, 0.1) is 0 Å². The molecule has 2 nitrogen and oxygen atoms in total. The third-order valence-electron chi connectivity index (χ3n) is 3.89. The predicted molar refractivity (Wildman–Crippen MR) is 87.5 cm³/mol. The van der Waals surface area contributed by atoms with Crippen LogP contribution in [0.4, 0.5) is 0 Å². The molecule has 0 bridgehead atoms. The number of nitrogens with two attached hydrogens (primary N) is 1. The molecule has 1 aromatic rings. The van der Waals surface area contributed by atoms with Crippen molar-refractivity contribution in [2.24, 2.45) is 5.84 Å². The van der Waals surface area contributed by atoms with Crippen LogP contribution >= 0.6 is 0 Å². The van der Waals surface area contributed by atoms with Gasteiger partial charge in [0, 0.05) is 12.5 Å². The van der Waals surface area contributed by atoms with Crippen LogP contribution in [0.25, 0.3) is 0 Å². The maximum absolute atomic E-state index is 5.64. The molecule has 0 aliphatic carbocycles. The third-order valence-corrected chi connectivity index (χ3v) is 3.89. The number of benzene rings is 1. The smallest absolute Gasteiger partial charge is 0.0260 e. The zero-order valence-corrected chi connectivity index (χ0v) is 13.5. The SMILES string of the molecule is C#CCCC(Cc1c(C)cc(C(C)(C)C)cc1C)NN. The number of terminal acetylenes is 1. The molecule has 1 atom stereocenters. The van der Waals surface area contributed by atoms with Crippen LogP contribution in [-0.2, 0) is 11.8 Å². The van der Waals surface area contributed by atoms with Crippen LogP contribution in [0.2, 0.25) is 0 Å². The molecule has 1 aromatic carbocycles. The third kappa shape index (κ3) is 4.37. The van der Waals surface area contributed by atoms with Gasteiger partial charge in [-0.3, -0.25) is 11.3 Å². The highest BCUT2D eigenvalue weighted by Crippen LogP contribution is 2.27. The summed E-state index contributed by atoms with van der Waals surface area (Å²) in [5, 5.41) is 0. The van der Waals surface area contributed by atoms with Crippen molar-refractivity contribution in [2.75, 3.05) is 0 Å². The predicted octanol–water partition coefficient (Wildman–Crippen LogP) is 3.39. The molecular formula is C18H28N2. The van der Waals surface area contributed by atoms with Gasteiger partial charge in [-0.25, -0.2) is 0 Å². The molecule has 2 heteroatoms. The van der Waals surface area contributed by atoms with E-state index < -0.39 is 0 Å². The summed E-state index contributed by atoms with van der Waals surface area (Å²) in [6, 6.07) is 4.85. The van der Waals surface area contributed by atoms with E-state index in [1.54, 1.807) is 0 Å². The van der Waals surface area contributed by atoms with Crippen LogP contribution < -0.4 is 11.3 Å². The normalized spacial score (nSPS) is 13.1. The Kier molecular flexibility index (Phi) is 5.80. The molecule has 110 valence electrons. The number of hydrogen-bond donors (Lipinski definition) is 2. The van der Waals surface area contributed by atoms with E-state index >= 15 is 0 Å². The van der Waals surface area contributed by atoms with Gasteiger partial charge in [0.15, 0.2) is 0 Å². The summed E-state index contributed by atoms with van der Waals surface area (Å²) in [5.41, 5.74) is 8.53. The van der Waals surface area contributed by atoms with Crippen molar-refractivity contribution >= 4 is 0 Å². The molecule has 0 amide bonds. The van der Waals surface area contributed by atoms with Crippen LogP contribution in [-0.4, -0.2) is 6.04 Å². The highest BCUT2D eigenvalue weighted by atomic mass is 15.2. The molecule has 1 rings (SSSR count). The van der Waals surface area contributed by atoms with Crippen LogP contribution in [0.3, 0.4) is 0 Å². The van der Waals surface area contributed by atoms with Gasteiger partial charge in [0.2, 0.25) is 0 Å². The molecule has 1 unspecified atom stereocenters. The molecule has 0 saturated heterocycles. The average molecular weight is 272 g/mol. The van der Waals surface area contributed by atoms with E-state index in [4.69, 9.17) is 12.3 Å². The number of rotatable bonds is 5. The van der Waals surface area contributed by atoms with Crippen LogP contribution in [0.15, 0.2) is 12.1 Å². The molecule has 0 fully saturated rings. The van der Waals surface area contributed by atoms with E-state index in [1.165, 1.54) is 22.3 Å². The van der Waals surface area contributed by atoms with E-state index in [2.05, 4.69) is 58.1 Å². The Hall–Kier alpha value is -1.30.